The Kier molecular flexibility index (Phi) is 4.14. The molecule has 0 unspecified atom stereocenters. The summed E-state index contributed by atoms with van der Waals surface area (Å²) in [5.74, 6) is -0.362. The Hall–Kier alpha value is -1.81. The van der Waals surface area contributed by atoms with Gasteiger partial charge in [-0.25, -0.2) is 4.79 Å². The van der Waals surface area contributed by atoms with Crippen LogP contribution in [0.4, 0.5) is 5.69 Å². The molecule has 0 bridgehead atoms. The molecule has 0 saturated carbocycles. The van der Waals surface area contributed by atoms with Crippen LogP contribution in [0, 0.1) is 13.8 Å². The number of benzene rings is 1. The highest BCUT2D eigenvalue weighted by Gasteiger charge is 2.22. The first kappa shape index (κ1) is 14.6. The summed E-state index contributed by atoms with van der Waals surface area (Å²) >= 11 is 1.43. The number of aryl methyl sites for hydroxylation is 3. The predicted molar refractivity (Wildman–Crippen MR) is 84.4 cm³/mol. The third-order valence-electron chi connectivity index (χ3n) is 3.37. The lowest BCUT2D eigenvalue weighted by molar-refractivity contribution is 0.0607. The van der Waals surface area contributed by atoms with Gasteiger partial charge in [-0.1, -0.05) is 30.7 Å². The molecular formula is C16H19NO2S. The van der Waals surface area contributed by atoms with E-state index in [-0.39, 0.29) is 5.97 Å². The van der Waals surface area contributed by atoms with E-state index in [1.807, 2.05) is 0 Å². The van der Waals surface area contributed by atoms with E-state index in [0.717, 1.165) is 28.0 Å². The zero-order valence-corrected chi connectivity index (χ0v) is 13.1. The van der Waals surface area contributed by atoms with Gasteiger partial charge in [0.2, 0.25) is 0 Å². The highest BCUT2D eigenvalue weighted by Crippen LogP contribution is 2.41. The lowest BCUT2D eigenvalue weighted by Gasteiger charge is -2.09. The summed E-state index contributed by atoms with van der Waals surface area (Å²) < 4.78 is 4.81. The van der Waals surface area contributed by atoms with Gasteiger partial charge in [-0.15, -0.1) is 11.3 Å². The summed E-state index contributed by atoms with van der Waals surface area (Å²) in [5.41, 5.74) is 11.2. The second-order valence-electron chi connectivity index (χ2n) is 4.81. The molecule has 0 saturated heterocycles. The van der Waals surface area contributed by atoms with Crippen LogP contribution in [0.5, 0.6) is 0 Å². The maximum atomic E-state index is 11.8. The summed E-state index contributed by atoms with van der Waals surface area (Å²) in [4.78, 5) is 13.4. The van der Waals surface area contributed by atoms with Crippen molar-refractivity contribution < 1.29 is 9.53 Å². The van der Waals surface area contributed by atoms with Gasteiger partial charge in [0.15, 0.2) is 0 Å². The number of thiophene rings is 1. The lowest BCUT2D eigenvalue weighted by Crippen LogP contribution is -2.02. The Balaban J connectivity index is 2.70. The third kappa shape index (κ3) is 2.43. The quantitative estimate of drug-likeness (QED) is 0.870. The molecule has 4 heteroatoms. The van der Waals surface area contributed by atoms with Gasteiger partial charge < -0.3 is 10.5 Å². The minimum Gasteiger partial charge on any atom is -0.465 e. The SMILES string of the molecule is CCc1sc(C(=O)OC)c(N)c1-c1cc(C)ccc1C. The molecule has 20 heavy (non-hydrogen) atoms. The lowest BCUT2D eigenvalue weighted by atomic mass is 9.96. The molecule has 0 radical (unpaired) electrons. The monoisotopic (exact) mass is 289 g/mol. The number of carbonyl (C=O) groups is 1. The highest BCUT2D eigenvalue weighted by molar-refractivity contribution is 7.15. The molecular weight excluding hydrogens is 270 g/mol. The van der Waals surface area contributed by atoms with Gasteiger partial charge in [0.25, 0.3) is 0 Å². The molecule has 0 aliphatic rings. The molecule has 0 spiro atoms. The fourth-order valence-corrected chi connectivity index (χ4v) is 3.38. The first-order valence-corrected chi connectivity index (χ1v) is 7.38. The van der Waals surface area contributed by atoms with Crippen LogP contribution in [-0.2, 0) is 11.2 Å². The Morgan fingerprint density at radius 3 is 2.65 bits per heavy atom. The topological polar surface area (TPSA) is 52.3 Å². The predicted octanol–water partition coefficient (Wildman–Crippen LogP) is 3.96. The largest absolute Gasteiger partial charge is 0.465 e. The van der Waals surface area contributed by atoms with Gasteiger partial charge >= 0.3 is 5.97 Å². The first-order chi connectivity index (χ1) is 9.49. The zero-order valence-electron chi connectivity index (χ0n) is 12.2. The molecule has 3 nitrogen and oxygen atoms in total. The molecule has 1 aromatic heterocycles. The molecule has 2 rings (SSSR count). The molecule has 1 heterocycles. The summed E-state index contributed by atoms with van der Waals surface area (Å²) in [7, 11) is 1.38. The number of nitrogens with two attached hydrogens (primary N) is 1. The smallest absolute Gasteiger partial charge is 0.350 e. The third-order valence-corrected chi connectivity index (χ3v) is 4.70. The fourth-order valence-electron chi connectivity index (χ4n) is 2.29. The van der Waals surface area contributed by atoms with Crippen LogP contribution in [0.15, 0.2) is 18.2 Å². The van der Waals surface area contributed by atoms with E-state index in [0.29, 0.717) is 10.6 Å². The fraction of sp³-hybridized carbons (Fsp3) is 0.312. The molecule has 1 aromatic carbocycles. The molecule has 0 amide bonds. The number of hydrogen-bond acceptors (Lipinski definition) is 4. The van der Waals surface area contributed by atoms with Crippen LogP contribution in [0.1, 0.15) is 32.6 Å². The van der Waals surface area contributed by atoms with Crippen LogP contribution in [-0.4, -0.2) is 13.1 Å². The van der Waals surface area contributed by atoms with Crippen molar-refractivity contribution in [2.75, 3.05) is 12.8 Å². The number of nitrogen functional groups attached to an aromatic ring is 1. The molecule has 0 aliphatic carbocycles. The second-order valence-corrected chi connectivity index (χ2v) is 5.91. The second kappa shape index (κ2) is 5.67. The number of esters is 1. The number of methoxy groups -OCH3 is 1. The minimum atomic E-state index is -0.362. The Bertz CT molecular complexity index is 659. The maximum Gasteiger partial charge on any atom is 0.350 e. The number of carbonyl (C=O) groups excluding carboxylic acids is 1. The Labute approximate surface area is 123 Å². The number of ether oxygens (including phenoxy) is 1. The van der Waals surface area contributed by atoms with Crippen molar-refractivity contribution in [2.24, 2.45) is 0 Å². The van der Waals surface area contributed by atoms with Gasteiger partial charge in [-0.3, -0.25) is 0 Å². The van der Waals surface area contributed by atoms with Crippen LogP contribution >= 0.6 is 11.3 Å². The van der Waals surface area contributed by atoms with Crippen molar-refractivity contribution in [1.82, 2.24) is 0 Å². The molecule has 0 aliphatic heterocycles. The van der Waals surface area contributed by atoms with Crippen molar-refractivity contribution >= 4 is 23.0 Å². The molecule has 2 N–H and O–H groups in total. The van der Waals surface area contributed by atoms with Gasteiger partial charge in [-0.2, -0.15) is 0 Å². The Morgan fingerprint density at radius 1 is 1.35 bits per heavy atom. The van der Waals surface area contributed by atoms with Crippen molar-refractivity contribution in [3.05, 3.63) is 39.1 Å². The molecule has 0 fully saturated rings. The van der Waals surface area contributed by atoms with E-state index >= 15 is 0 Å². The van der Waals surface area contributed by atoms with Gasteiger partial charge in [0, 0.05) is 10.4 Å². The average molecular weight is 289 g/mol. The highest BCUT2D eigenvalue weighted by atomic mass is 32.1. The van der Waals surface area contributed by atoms with Crippen molar-refractivity contribution in [3.63, 3.8) is 0 Å². The van der Waals surface area contributed by atoms with Crippen LogP contribution < -0.4 is 5.73 Å². The van der Waals surface area contributed by atoms with Crippen LogP contribution in [0.25, 0.3) is 11.1 Å². The number of hydrogen-bond donors (Lipinski definition) is 1. The standard InChI is InChI=1S/C16H19NO2S/c1-5-12-13(11-8-9(2)6-7-10(11)3)14(17)15(20-12)16(18)19-4/h6-8H,5,17H2,1-4H3. The van der Waals surface area contributed by atoms with Crippen molar-refractivity contribution in [1.29, 1.82) is 0 Å². The number of anilines is 1. The minimum absolute atomic E-state index is 0.362. The first-order valence-electron chi connectivity index (χ1n) is 6.56. The zero-order chi connectivity index (χ0) is 14.9. The molecule has 106 valence electrons. The van der Waals surface area contributed by atoms with Crippen molar-refractivity contribution in [3.8, 4) is 11.1 Å². The molecule has 0 atom stereocenters. The summed E-state index contributed by atoms with van der Waals surface area (Å²) in [6.07, 6.45) is 0.842. The van der Waals surface area contributed by atoms with Gasteiger partial charge in [0.05, 0.1) is 12.8 Å². The van der Waals surface area contributed by atoms with Crippen LogP contribution in [0.3, 0.4) is 0 Å². The maximum absolute atomic E-state index is 11.8. The van der Waals surface area contributed by atoms with Crippen LogP contribution in [0.2, 0.25) is 0 Å². The van der Waals surface area contributed by atoms with Crippen molar-refractivity contribution in [2.45, 2.75) is 27.2 Å². The van der Waals surface area contributed by atoms with E-state index < -0.39 is 0 Å². The summed E-state index contributed by atoms with van der Waals surface area (Å²) in [5, 5.41) is 0. The van der Waals surface area contributed by atoms with E-state index in [1.165, 1.54) is 24.0 Å². The van der Waals surface area contributed by atoms with Gasteiger partial charge in [0.1, 0.15) is 4.88 Å². The van der Waals surface area contributed by atoms with E-state index in [4.69, 9.17) is 10.5 Å². The van der Waals surface area contributed by atoms with E-state index in [9.17, 15) is 4.79 Å². The summed E-state index contributed by atoms with van der Waals surface area (Å²) in [6, 6.07) is 6.28. The normalized spacial score (nSPS) is 10.6. The average Bonchev–Trinajstić information content (AvgIpc) is 2.77. The van der Waals surface area contributed by atoms with E-state index in [2.05, 4.69) is 39.0 Å². The molecule has 2 aromatic rings. The summed E-state index contributed by atoms with van der Waals surface area (Å²) in [6.45, 7) is 6.18. The Morgan fingerprint density at radius 2 is 2.05 bits per heavy atom. The van der Waals surface area contributed by atoms with Gasteiger partial charge in [-0.05, 0) is 31.4 Å². The van der Waals surface area contributed by atoms with E-state index in [1.54, 1.807) is 0 Å². The number of rotatable bonds is 3.